The molecule has 0 saturated carbocycles. The second-order valence-electron chi connectivity index (χ2n) is 4.04. The van der Waals surface area contributed by atoms with Gasteiger partial charge in [0.2, 0.25) is 0 Å². The zero-order chi connectivity index (χ0) is 11.3. The van der Waals surface area contributed by atoms with Gasteiger partial charge in [0.25, 0.3) is 0 Å². The monoisotopic (exact) mass is 300 g/mol. The zero-order valence-electron chi connectivity index (χ0n) is 8.30. The van der Waals surface area contributed by atoms with Gasteiger partial charge < -0.3 is 0 Å². The van der Waals surface area contributed by atoms with Gasteiger partial charge >= 0.3 is 0 Å². The molecule has 0 radical (unpaired) electrons. The summed E-state index contributed by atoms with van der Waals surface area (Å²) in [6.45, 7) is 0. The predicted molar refractivity (Wildman–Crippen MR) is 66.5 cm³/mol. The second-order valence-corrected chi connectivity index (χ2v) is 6.64. The van der Waals surface area contributed by atoms with Crippen LogP contribution in [-0.4, -0.2) is 24.9 Å². The van der Waals surface area contributed by atoms with E-state index in [1.54, 1.807) is 6.08 Å². The number of allylic oxidation sites excluding steroid dienone is 1. The minimum absolute atomic E-state index is 0.135. The number of halogens is 1. The van der Waals surface area contributed by atoms with E-state index >= 15 is 0 Å². The molecular weight excluding hydrogens is 292 g/mol. The van der Waals surface area contributed by atoms with Crippen molar-refractivity contribution in [2.24, 2.45) is 15.9 Å². The van der Waals surface area contributed by atoms with Gasteiger partial charge in [0.15, 0.2) is 9.84 Å². The fourth-order valence-corrected chi connectivity index (χ4v) is 3.71. The Balaban J connectivity index is 2.08. The van der Waals surface area contributed by atoms with Crippen LogP contribution in [0.3, 0.4) is 0 Å². The van der Waals surface area contributed by atoms with Crippen LogP contribution >= 0.6 is 15.9 Å². The van der Waals surface area contributed by atoms with Crippen molar-refractivity contribution < 1.29 is 8.42 Å². The van der Waals surface area contributed by atoms with Crippen LogP contribution in [0.25, 0.3) is 0 Å². The molecule has 0 fully saturated rings. The van der Waals surface area contributed by atoms with Gasteiger partial charge in [0.1, 0.15) is 6.17 Å². The maximum atomic E-state index is 11.5. The van der Waals surface area contributed by atoms with E-state index in [1.165, 1.54) is 10.8 Å². The Morgan fingerprint density at radius 3 is 3.00 bits per heavy atom. The lowest BCUT2D eigenvalue weighted by Crippen LogP contribution is -2.21. The van der Waals surface area contributed by atoms with Crippen LogP contribution in [0.1, 0.15) is 12.8 Å². The van der Waals surface area contributed by atoms with Crippen LogP contribution in [0.5, 0.6) is 0 Å². The van der Waals surface area contributed by atoms with Crippen LogP contribution in [0.4, 0.5) is 0 Å². The van der Waals surface area contributed by atoms with Crippen LogP contribution in [0.2, 0.25) is 0 Å². The summed E-state index contributed by atoms with van der Waals surface area (Å²) in [6, 6.07) is 0. The average Bonchev–Trinajstić information content (AvgIpc) is 2.53. The molecule has 0 bridgehead atoms. The third-order valence-corrected chi connectivity index (χ3v) is 4.67. The highest BCUT2D eigenvalue weighted by Gasteiger charge is 2.37. The van der Waals surface area contributed by atoms with E-state index in [0.717, 1.165) is 28.7 Å². The number of rotatable bonds is 0. The van der Waals surface area contributed by atoms with Crippen LogP contribution < -0.4 is 0 Å². The topological polar surface area (TPSA) is 58.9 Å². The summed E-state index contributed by atoms with van der Waals surface area (Å²) in [5, 5.41) is 2.54. The number of hydrogen-bond donors (Lipinski definition) is 0. The quantitative estimate of drug-likeness (QED) is 0.685. The summed E-state index contributed by atoms with van der Waals surface area (Å²) in [4.78, 5) is 8.82. The molecule has 4 nitrogen and oxygen atoms in total. The first-order valence-corrected chi connectivity index (χ1v) is 7.40. The molecule has 0 amide bonds. The second kappa shape index (κ2) is 3.37. The molecule has 0 N–H and O–H groups in total. The molecule has 0 aromatic rings. The molecule has 2 unspecified atom stereocenters. The van der Waals surface area contributed by atoms with Gasteiger partial charge in [-0.25, -0.2) is 8.42 Å². The Labute approximate surface area is 102 Å². The fraction of sp³-hybridized carbons (Fsp3) is 0.400. The first-order chi connectivity index (χ1) is 7.55. The van der Waals surface area contributed by atoms with Gasteiger partial charge in [-0.1, -0.05) is 0 Å². The van der Waals surface area contributed by atoms with Crippen molar-refractivity contribution in [3.8, 4) is 0 Å². The summed E-state index contributed by atoms with van der Waals surface area (Å²) >= 11 is 3.37. The normalized spacial score (nSPS) is 34.7. The Hall–Kier alpha value is -0.750. The summed E-state index contributed by atoms with van der Waals surface area (Å²) in [7, 11) is -3.18. The van der Waals surface area contributed by atoms with E-state index in [-0.39, 0.29) is 12.1 Å². The third kappa shape index (κ3) is 1.60. The molecule has 2 atom stereocenters. The SMILES string of the molecule is O=S1(=O)C=CC2=NC3N=C(Br)CCC3C2=C1. The van der Waals surface area contributed by atoms with Crippen molar-refractivity contribution >= 4 is 36.1 Å². The summed E-state index contributed by atoms with van der Waals surface area (Å²) < 4.78 is 23.9. The lowest BCUT2D eigenvalue weighted by Gasteiger charge is -2.21. The molecule has 0 aliphatic carbocycles. The first-order valence-electron chi connectivity index (χ1n) is 5.00. The summed E-state index contributed by atoms with van der Waals surface area (Å²) in [5.74, 6) is 0.135. The maximum absolute atomic E-state index is 11.5. The molecule has 3 rings (SSSR count). The standard InChI is InChI=1S/C10H9BrN2O2S/c11-9-2-1-6-7-5-16(14,15)4-3-8(7)12-10(6)13-9/h3-6,10H,1-2H2. The van der Waals surface area contributed by atoms with Crippen molar-refractivity contribution in [1.82, 2.24) is 0 Å². The van der Waals surface area contributed by atoms with E-state index in [0.29, 0.717) is 0 Å². The Morgan fingerprint density at radius 1 is 1.38 bits per heavy atom. The molecule has 0 saturated heterocycles. The van der Waals surface area contributed by atoms with Crippen molar-refractivity contribution in [3.63, 3.8) is 0 Å². The van der Waals surface area contributed by atoms with Gasteiger partial charge in [0, 0.05) is 16.7 Å². The highest BCUT2D eigenvalue weighted by atomic mass is 79.9. The minimum Gasteiger partial charge on any atom is -0.258 e. The number of nitrogens with zero attached hydrogens (tertiary/aromatic N) is 2. The fourth-order valence-electron chi connectivity index (χ4n) is 2.23. The van der Waals surface area contributed by atoms with Crippen molar-refractivity contribution in [2.45, 2.75) is 19.0 Å². The van der Waals surface area contributed by atoms with E-state index in [2.05, 4.69) is 25.9 Å². The Kier molecular flexibility index (Phi) is 2.19. The van der Waals surface area contributed by atoms with Crippen molar-refractivity contribution in [1.29, 1.82) is 0 Å². The molecule has 3 heterocycles. The number of hydrogen-bond acceptors (Lipinski definition) is 4. The molecule has 0 aromatic heterocycles. The van der Waals surface area contributed by atoms with Gasteiger partial charge in [-0.3, -0.25) is 9.98 Å². The van der Waals surface area contributed by atoms with Gasteiger partial charge in [0.05, 0.1) is 10.3 Å². The zero-order valence-corrected chi connectivity index (χ0v) is 10.7. The lowest BCUT2D eigenvalue weighted by atomic mass is 9.91. The van der Waals surface area contributed by atoms with Gasteiger partial charge in [-0.2, -0.15) is 0 Å². The highest BCUT2D eigenvalue weighted by Crippen LogP contribution is 2.38. The molecule has 6 heteroatoms. The third-order valence-electron chi connectivity index (χ3n) is 2.97. The predicted octanol–water partition coefficient (Wildman–Crippen LogP) is 1.80. The molecule has 16 heavy (non-hydrogen) atoms. The average molecular weight is 301 g/mol. The van der Waals surface area contributed by atoms with E-state index < -0.39 is 9.84 Å². The van der Waals surface area contributed by atoms with E-state index in [4.69, 9.17) is 0 Å². The number of sulfone groups is 1. The summed E-state index contributed by atoms with van der Waals surface area (Å²) in [6.07, 6.45) is 3.19. The van der Waals surface area contributed by atoms with Crippen LogP contribution in [0, 0.1) is 5.92 Å². The molecular formula is C10H9BrN2O2S. The first kappa shape index (κ1) is 10.4. The molecule has 3 aliphatic heterocycles. The minimum atomic E-state index is -3.18. The van der Waals surface area contributed by atoms with Crippen LogP contribution in [0.15, 0.2) is 32.5 Å². The molecule has 84 valence electrons. The maximum Gasteiger partial charge on any atom is 0.193 e. The van der Waals surface area contributed by atoms with Crippen LogP contribution in [-0.2, 0) is 9.84 Å². The summed E-state index contributed by atoms with van der Waals surface area (Å²) in [5.41, 5.74) is 1.60. The van der Waals surface area contributed by atoms with E-state index in [9.17, 15) is 8.42 Å². The van der Waals surface area contributed by atoms with Crippen molar-refractivity contribution in [2.75, 3.05) is 0 Å². The molecule has 0 aromatic carbocycles. The van der Waals surface area contributed by atoms with E-state index in [1.807, 2.05) is 0 Å². The molecule has 3 aliphatic rings. The number of fused-ring (bicyclic) bond motifs is 3. The smallest absolute Gasteiger partial charge is 0.193 e. The van der Waals surface area contributed by atoms with Gasteiger partial charge in [-0.05, 0) is 40.4 Å². The largest absolute Gasteiger partial charge is 0.258 e. The van der Waals surface area contributed by atoms with Crippen molar-refractivity contribution in [3.05, 3.63) is 22.5 Å². The Bertz CT molecular complexity index is 572. The highest BCUT2D eigenvalue weighted by molar-refractivity contribution is 9.18. The van der Waals surface area contributed by atoms with Gasteiger partial charge in [-0.15, -0.1) is 0 Å². The lowest BCUT2D eigenvalue weighted by molar-refractivity contribution is 0.487. The number of aliphatic imine (C=N–C) groups is 2. The Morgan fingerprint density at radius 2 is 2.19 bits per heavy atom. The molecule has 0 spiro atoms.